The van der Waals surface area contributed by atoms with E-state index in [4.69, 9.17) is 0 Å². The zero-order chi connectivity index (χ0) is 19.7. The number of aryl methyl sites for hydroxylation is 3. The first kappa shape index (κ1) is 24.7. The molecule has 1 saturated heterocycles. The molecule has 1 atom stereocenters. The van der Waals surface area contributed by atoms with Gasteiger partial charge in [-0.15, -0.1) is 24.8 Å². The van der Waals surface area contributed by atoms with Crippen LogP contribution in [0.1, 0.15) is 34.2 Å². The summed E-state index contributed by atoms with van der Waals surface area (Å²) in [6.45, 7) is 8.60. The molecule has 1 fully saturated rings. The Hall–Kier alpha value is -1.59. The van der Waals surface area contributed by atoms with Gasteiger partial charge < -0.3 is 10.2 Å². The summed E-state index contributed by atoms with van der Waals surface area (Å²) in [6, 6.07) is 15.1. The smallest absolute Gasteiger partial charge is 0.247 e. The summed E-state index contributed by atoms with van der Waals surface area (Å²) < 4.78 is 0. The lowest BCUT2D eigenvalue weighted by molar-refractivity contribution is -0.145. The number of benzene rings is 2. The maximum absolute atomic E-state index is 14.0. The molecule has 164 valence electrons. The van der Waals surface area contributed by atoms with Gasteiger partial charge in [-0.25, -0.2) is 0 Å². The first-order valence-corrected chi connectivity index (χ1v) is 10.4. The standard InChI is InChI=1S/C24H31N3O.2ClH/c1-18-14-19(2)16-20(15-18)17-26(3)23(28)24(27-12-10-25-11-13-27)9-8-21-6-4-5-7-22(21)24;;/h4-7,14-16,25H,8-13,17H2,1-3H3;2*1H. The number of halogens is 2. The number of hydrogen-bond donors (Lipinski definition) is 1. The number of nitrogens with one attached hydrogen (secondary N) is 1. The van der Waals surface area contributed by atoms with Gasteiger partial charge in [-0.05, 0) is 43.4 Å². The third kappa shape index (κ3) is 4.52. The first-order valence-electron chi connectivity index (χ1n) is 10.4. The van der Waals surface area contributed by atoms with Crippen molar-refractivity contribution < 1.29 is 4.79 Å². The number of hydrogen-bond acceptors (Lipinski definition) is 3. The molecule has 30 heavy (non-hydrogen) atoms. The Kier molecular flexibility index (Phi) is 8.35. The highest BCUT2D eigenvalue weighted by Crippen LogP contribution is 2.43. The third-order valence-corrected chi connectivity index (χ3v) is 6.28. The topological polar surface area (TPSA) is 35.6 Å². The van der Waals surface area contributed by atoms with Crippen molar-refractivity contribution in [3.8, 4) is 0 Å². The summed E-state index contributed by atoms with van der Waals surface area (Å²) in [6.07, 6.45) is 1.85. The quantitative estimate of drug-likeness (QED) is 0.769. The molecule has 2 aromatic rings. The molecule has 2 aromatic carbocycles. The van der Waals surface area contributed by atoms with Gasteiger partial charge in [0, 0.05) is 39.8 Å². The fraction of sp³-hybridized carbons (Fsp3) is 0.458. The molecule has 1 N–H and O–H groups in total. The molecule has 0 radical (unpaired) electrons. The van der Waals surface area contributed by atoms with Gasteiger partial charge in [0.2, 0.25) is 5.91 Å². The Morgan fingerprint density at radius 3 is 2.37 bits per heavy atom. The zero-order valence-corrected chi connectivity index (χ0v) is 19.7. The lowest BCUT2D eigenvalue weighted by Gasteiger charge is -2.44. The minimum Gasteiger partial charge on any atom is -0.340 e. The number of likely N-dealkylation sites (N-methyl/N-ethyl adjacent to an activating group) is 1. The number of amides is 1. The average molecular weight is 450 g/mol. The van der Waals surface area contributed by atoms with E-state index in [0.717, 1.165) is 39.0 Å². The van der Waals surface area contributed by atoms with Crippen LogP contribution in [0.2, 0.25) is 0 Å². The van der Waals surface area contributed by atoms with Crippen LogP contribution in [-0.2, 0) is 23.3 Å². The monoisotopic (exact) mass is 449 g/mol. The van der Waals surface area contributed by atoms with Crippen molar-refractivity contribution in [2.45, 2.75) is 38.8 Å². The molecular weight excluding hydrogens is 417 g/mol. The van der Waals surface area contributed by atoms with Gasteiger partial charge in [0.05, 0.1) is 0 Å². The highest BCUT2D eigenvalue weighted by Gasteiger charge is 2.50. The predicted molar refractivity (Wildman–Crippen MR) is 128 cm³/mol. The molecule has 4 nitrogen and oxygen atoms in total. The van der Waals surface area contributed by atoms with Crippen molar-refractivity contribution in [2.75, 3.05) is 33.2 Å². The number of carbonyl (C=O) groups excluding carboxylic acids is 1. The van der Waals surface area contributed by atoms with E-state index in [1.165, 1.54) is 27.8 Å². The second-order valence-corrected chi connectivity index (χ2v) is 8.41. The summed E-state index contributed by atoms with van der Waals surface area (Å²) in [7, 11) is 1.96. The lowest BCUT2D eigenvalue weighted by Crippen LogP contribution is -2.60. The molecule has 0 bridgehead atoms. The fourth-order valence-electron chi connectivity index (χ4n) is 5.15. The van der Waals surface area contributed by atoms with Crippen LogP contribution < -0.4 is 5.32 Å². The number of fused-ring (bicyclic) bond motifs is 1. The van der Waals surface area contributed by atoms with Gasteiger partial charge in [-0.2, -0.15) is 0 Å². The molecule has 6 heteroatoms. The largest absolute Gasteiger partial charge is 0.340 e. The van der Waals surface area contributed by atoms with Crippen LogP contribution in [0, 0.1) is 13.8 Å². The maximum Gasteiger partial charge on any atom is 0.247 e. The Balaban J connectivity index is 0.00000160. The molecule has 1 aliphatic carbocycles. The number of carbonyl (C=O) groups is 1. The van der Waals surface area contributed by atoms with E-state index < -0.39 is 5.54 Å². The maximum atomic E-state index is 14.0. The number of piperazine rings is 1. The number of nitrogens with zero attached hydrogens (tertiary/aromatic N) is 2. The summed E-state index contributed by atoms with van der Waals surface area (Å²) in [5.74, 6) is 0.235. The molecule has 0 aromatic heterocycles. The fourth-order valence-corrected chi connectivity index (χ4v) is 5.15. The van der Waals surface area contributed by atoms with Gasteiger partial charge in [0.1, 0.15) is 5.54 Å². The molecule has 1 heterocycles. The molecule has 1 amide bonds. The lowest BCUT2D eigenvalue weighted by atomic mass is 9.87. The Morgan fingerprint density at radius 2 is 1.70 bits per heavy atom. The Bertz CT molecular complexity index is 862. The van der Waals surface area contributed by atoms with Crippen LogP contribution >= 0.6 is 24.8 Å². The summed E-state index contributed by atoms with van der Waals surface area (Å²) >= 11 is 0. The molecule has 2 aliphatic rings. The van der Waals surface area contributed by atoms with Crippen LogP contribution in [0.4, 0.5) is 0 Å². The van der Waals surface area contributed by atoms with Crippen LogP contribution in [0.3, 0.4) is 0 Å². The summed E-state index contributed by atoms with van der Waals surface area (Å²) in [5, 5.41) is 3.43. The molecular formula is C24H33Cl2N3O. The van der Waals surface area contributed by atoms with Crippen LogP contribution in [-0.4, -0.2) is 48.9 Å². The van der Waals surface area contributed by atoms with Gasteiger partial charge in [0.25, 0.3) is 0 Å². The van der Waals surface area contributed by atoms with E-state index in [9.17, 15) is 4.79 Å². The van der Waals surface area contributed by atoms with E-state index in [1.807, 2.05) is 11.9 Å². The van der Waals surface area contributed by atoms with Gasteiger partial charge in [-0.3, -0.25) is 9.69 Å². The SMILES string of the molecule is Cc1cc(C)cc(CN(C)C(=O)C2(N3CCNCC3)CCc3ccccc32)c1.Cl.Cl. The molecule has 4 rings (SSSR count). The molecule has 1 aliphatic heterocycles. The van der Waals surface area contributed by atoms with E-state index in [1.54, 1.807) is 0 Å². The Labute approximate surface area is 192 Å². The molecule has 0 spiro atoms. The Morgan fingerprint density at radius 1 is 1.07 bits per heavy atom. The number of rotatable bonds is 4. The predicted octanol–water partition coefficient (Wildman–Crippen LogP) is 3.85. The average Bonchev–Trinajstić information content (AvgIpc) is 3.08. The van der Waals surface area contributed by atoms with Crippen molar-refractivity contribution >= 4 is 30.7 Å². The van der Waals surface area contributed by atoms with Crippen molar-refractivity contribution in [1.82, 2.24) is 15.1 Å². The van der Waals surface area contributed by atoms with Crippen LogP contribution in [0.5, 0.6) is 0 Å². The van der Waals surface area contributed by atoms with E-state index >= 15 is 0 Å². The third-order valence-electron chi connectivity index (χ3n) is 6.28. The second kappa shape index (κ2) is 10.1. The highest BCUT2D eigenvalue weighted by molar-refractivity contribution is 5.89. The van der Waals surface area contributed by atoms with Gasteiger partial charge >= 0.3 is 0 Å². The van der Waals surface area contributed by atoms with Crippen LogP contribution in [0.25, 0.3) is 0 Å². The normalized spacial score (nSPS) is 20.6. The van der Waals surface area contributed by atoms with Crippen molar-refractivity contribution in [1.29, 1.82) is 0 Å². The first-order chi connectivity index (χ1) is 13.5. The summed E-state index contributed by atoms with van der Waals surface area (Å²) in [4.78, 5) is 18.3. The second-order valence-electron chi connectivity index (χ2n) is 8.41. The van der Waals surface area contributed by atoms with E-state index in [-0.39, 0.29) is 30.7 Å². The van der Waals surface area contributed by atoms with Crippen molar-refractivity contribution in [3.63, 3.8) is 0 Å². The van der Waals surface area contributed by atoms with Gasteiger partial charge in [-0.1, -0.05) is 53.6 Å². The summed E-state index contributed by atoms with van der Waals surface area (Å²) in [5.41, 5.74) is 5.72. The molecule has 1 unspecified atom stereocenters. The zero-order valence-electron chi connectivity index (χ0n) is 18.1. The van der Waals surface area contributed by atoms with E-state index in [2.05, 4.69) is 66.5 Å². The minimum absolute atomic E-state index is 0. The van der Waals surface area contributed by atoms with E-state index in [0.29, 0.717) is 6.54 Å². The van der Waals surface area contributed by atoms with Crippen molar-refractivity contribution in [2.24, 2.45) is 0 Å². The van der Waals surface area contributed by atoms with Gasteiger partial charge in [0.15, 0.2) is 0 Å². The highest BCUT2D eigenvalue weighted by atomic mass is 35.5. The van der Waals surface area contributed by atoms with Crippen LogP contribution in [0.15, 0.2) is 42.5 Å². The van der Waals surface area contributed by atoms with Crippen molar-refractivity contribution in [3.05, 3.63) is 70.3 Å². The molecule has 0 saturated carbocycles. The minimum atomic E-state index is -0.522.